The number of carbonyl (C=O) groups excluding carboxylic acids is 1. The van der Waals surface area contributed by atoms with Crippen molar-refractivity contribution in [1.82, 2.24) is 19.6 Å². The molecule has 0 radical (unpaired) electrons. The molecule has 5 rings (SSSR count). The van der Waals surface area contributed by atoms with Crippen LogP contribution < -0.4 is 10.0 Å². The van der Waals surface area contributed by atoms with Crippen LogP contribution in [0.15, 0.2) is 85.3 Å². The van der Waals surface area contributed by atoms with Crippen molar-refractivity contribution in [3.8, 4) is 22.5 Å². The zero-order chi connectivity index (χ0) is 22.1. The Bertz CT molecular complexity index is 1460. The van der Waals surface area contributed by atoms with E-state index in [4.69, 9.17) is 4.98 Å². The van der Waals surface area contributed by atoms with Crippen molar-refractivity contribution in [1.29, 1.82) is 0 Å². The predicted octanol–water partition coefficient (Wildman–Crippen LogP) is 3.54. The maximum absolute atomic E-state index is 12.6. The van der Waals surface area contributed by atoms with E-state index in [0.717, 1.165) is 32.8 Å². The normalized spacial score (nSPS) is 10.9. The Kier molecular flexibility index (Phi) is 4.79. The Morgan fingerprint density at radius 1 is 1.00 bits per heavy atom. The monoisotopic (exact) mass is 423 g/mol. The molecule has 1 aromatic carbocycles. The highest BCUT2D eigenvalue weighted by molar-refractivity contribution is 6.01. The van der Waals surface area contributed by atoms with E-state index >= 15 is 0 Å². The summed E-state index contributed by atoms with van der Waals surface area (Å²) in [6, 6.07) is 20.3. The highest BCUT2D eigenvalue weighted by Crippen LogP contribution is 2.33. The number of pyridine rings is 2. The summed E-state index contributed by atoms with van der Waals surface area (Å²) < 4.78 is 2.54. The number of carbonyl (C=O) groups is 1. The van der Waals surface area contributed by atoms with E-state index < -0.39 is 5.91 Å². The van der Waals surface area contributed by atoms with E-state index in [2.05, 4.69) is 21.5 Å². The third kappa shape index (κ3) is 3.54. The first-order chi connectivity index (χ1) is 15.6. The zero-order valence-corrected chi connectivity index (χ0v) is 17.2. The van der Waals surface area contributed by atoms with Gasteiger partial charge in [0.1, 0.15) is 11.5 Å². The fourth-order valence-electron chi connectivity index (χ4n) is 3.58. The van der Waals surface area contributed by atoms with Crippen LogP contribution in [-0.2, 0) is 0 Å². The second-order valence-electron chi connectivity index (χ2n) is 7.29. The highest BCUT2D eigenvalue weighted by atomic mass is 16.5. The fourth-order valence-corrected chi connectivity index (χ4v) is 3.58. The molecule has 0 atom stereocenters. The predicted molar refractivity (Wildman–Crippen MR) is 118 cm³/mol. The van der Waals surface area contributed by atoms with Crippen LogP contribution in [0.2, 0.25) is 0 Å². The minimum Gasteiger partial charge on any atom is -0.301 e. The number of benzene rings is 1. The van der Waals surface area contributed by atoms with Gasteiger partial charge in [-0.2, -0.15) is 5.10 Å². The molecule has 0 fully saturated rings. The molecule has 0 aliphatic heterocycles. The van der Waals surface area contributed by atoms with Crippen LogP contribution in [0.4, 0.5) is 5.82 Å². The summed E-state index contributed by atoms with van der Waals surface area (Å²) in [5.41, 5.74) is 5.28. The number of fused-ring (bicyclic) bond motifs is 1. The molecular weight excluding hydrogens is 404 g/mol. The number of nitrogens with zero attached hydrogens (tertiary/aromatic N) is 5. The van der Waals surface area contributed by atoms with E-state index in [1.165, 1.54) is 12.3 Å². The lowest BCUT2D eigenvalue weighted by molar-refractivity contribution is -0.905. The van der Waals surface area contributed by atoms with Gasteiger partial charge in [-0.3, -0.25) is 10.0 Å². The summed E-state index contributed by atoms with van der Waals surface area (Å²) in [5.74, 6) is -0.134. The molecule has 8 heteroatoms. The van der Waals surface area contributed by atoms with Gasteiger partial charge < -0.3 is 5.32 Å². The molecule has 156 valence electrons. The standard InChI is InChI=1S/C24H18N6O2/c1-16-6-4-7-17(14-16)22-23(30-21(28-22)9-5-11-26-30)18-10-12-25-20(15-18)27-24(31)19-8-2-3-13-29(19)32/h2-15H,1H3,(H-,25,27,31,32)/p+1. The SMILES string of the molecule is Cc1cccc(-c2nc3cccnn3c2-c2ccnc(NC(=O)c3cccc[n+]3O)c2)c1. The highest BCUT2D eigenvalue weighted by Gasteiger charge is 2.21. The largest absolute Gasteiger partial charge is 0.326 e. The Hall–Kier alpha value is -4.59. The smallest absolute Gasteiger partial charge is 0.301 e. The van der Waals surface area contributed by atoms with E-state index in [0.29, 0.717) is 11.5 Å². The molecule has 4 heterocycles. The quantitative estimate of drug-likeness (QED) is 0.340. The Morgan fingerprint density at radius 2 is 1.91 bits per heavy atom. The van der Waals surface area contributed by atoms with Gasteiger partial charge in [-0.15, -0.1) is 0 Å². The van der Waals surface area contributed by atoms with Gasteiger partial charge >= 0.3 is 11.6 Å². The number of anilines is 1. The van der Waals surface area contributed by atoms with E-state index in [-0.39, 0.29) is 5.69 Å². The summed E-state index contributed by atoms with van der Waals surface area (Å²) in [6.45, 7) is 2.04. The summed E-state index contributed by atoms with van der Waals surface area (Å²) in [5, 5.41) is 17.1. The Balaban J connectivity index is 1.60. The fraction of sp³-hybridized carbons (Fsp3) is 0.0417. The number of aryl methyl sites for hydroxylation is 1. The van der Waals surface area contributed by atoms with Gasteiger partial charge in [0, 0.05) is 40.4 Å². The van der Waals surface area contributed by atoms with Gasteiger partial charge in [0.15, 0.2) is 5.65 Å². The topological polar surface area (TPSA) is 96.3 Å². The summed E-state index contributed by atoms with van der Waals surface area (Å²) in [6.07, 6.45) is 4.71. The second-order valence-corrected chi connectivity index (χ2v) is 7.29. The zero-order valence-electron chi connectivity index (χ0n) is 17.2. The number of hydrogen-bond donors (Lipinski definition) is 2. The third-order valence-corrected chi connectivity index (χ3v) is 5.03. The average Bonchev–Trinajstić information content (AvgIpc) is 3.19. The summed E-state index contributed by atoms with van der Waals surface area (Å²) in [7, 11) is 0. The van der Waals surface area contributed by atoms with Crippen LogP contribution >= 0.6 is 0 Å². The Morgan fingerprint density at radius 3 is 2.75 bits per heavy atom. The molecule has 32 heavy (non-hydrogen) atoms. The molecular formula is C24H19N6O2+. The second kappa shape index (κ2) is 7.92. The van der Waals surface area contributed by atoms with Gasteiger partial charge in [0.25, 0.3) is 0 Å². The molecule has 0 aliphatic rings. The maximum Gasteiger partial charge on any atom is 0.326 e. The van der Waals surface area contributed by atoms with Crippen molar-refractivity contribution in [2.45, 2.75) is 6.92 Å². The van der Waals surface area contributed by atoms with Crippen LogP contribution in [0.1, 0.15) is 16.1 Å². The number of nitrogens with one attached hydrogen (secondary N) is 1. The molecule has 5 aromatic rings. The van der Waals surface area contributed by atoms with Crippen molar-refractivity contribution in [2.75, 3.05) is 5.32 Å². The molecule has 0 spiro atoms. The van der Waals surface area contributed by atoms with Gasteiger partial charge in [0.2, 0.25) is 6.20 Å². The summed E-state index contributed by atoms with van der Waals surface area (Å²) >= 11 is 0. The minimum atomic E-state index is -0.479. The average molecular weight is 423 g/mol. The van der Waals surface area contributed by atoms with Crippen molar-refractivity contribution in [3.05, 3.63) is 96.6 Å². The number of amides is 1. The lowest BCUT2D eigenvalue weighted by atomic mass is 10.0. The van der Waals surface area contributed by atoms with Crippen LogP contribution in [0.5, 0.6) is 0 Å². The van der Waals surface area contributed by atoms with Crippen LogP contribution in [-0.4, -0.2) is 30.7 Å². The van der Waals surface area contributed by atoms with Crippen LogP contribution in [0.3, 0.4) is 0 Å². The molecule has 4 aromatic heterocycles. The van der Waals surface area contributed by atoms with Crippen LogP contribution in [0, 0.1) is 6.92 Å². The van der Waals surface area contributed by atoms with Gasteiger partial charge in [-0.05, 0) is 43.3 Å². The maximum atomic E-state index is 12.6. The van der Waals surface area contributed by atoms with E-state index in [1.807, 2.05) is 43.3 Å². The van der Waals surface area contributed by atoms with E-state index in [1.54, 1.807) is 35.1 Å². The first-order valence-electron chi connectivity index (χ1n) is 9.99. The van der Waals surface area contributed by atoms with Crippen molar-refractivity contribution >= 4 is 17.4 Å². The molecule has 0 saturated carbocycles. The molecule has 0 unspecified atom stereocenters. The first-order valence-corrected chi connectivity index (χ1v) is 9.99. The number of aromatic nitrogens is 5. The van der Waals surface area contributed by atoms with Crippen molar-refractivity contribution in [3.63, 3.8) is 0 Å². The Labute approximate surface area is 183 Å². The lowest BCUT2D eigenvalue weighted by Gasteiger charge is -2.08. The third-order valence-electron chi connectivity index (χ3n) is 5.03. The summed E-state index contributed by atoms with van der Waals surface area (Å²) in [4.78, 5) is 21.7. The molecule has 0 aliphatic carbocycles. The minimum absolute atomic E-state index is 0.0941. The molecule has 8 nitrogen and oxygen atoms in total. The van der Waals surface area contributed by atoms with Gasteiger partial charge in [-0.1, -0.05) is 23.8 Å². The van der Waals surface area contributed by atoms with Crippen molar-refractivity contribution < 1.29 is 14.7 Å². The molecule has 0 saturated heterocycles. The van der Waals surface area contributed by atoms with Crippen LogP contribution in [0.25, 0.3) is 28.2 Å². The molecule has 2 N–H and O–H groups in total. The molecule has 1 amide bonds. The first kappa shape index (κ1) is 19.4. The van der Waals surface area contributed by atoms with E-state index in [9.17, 15) is 10.0 Å². The number of rotatable bonds is 4. The number of hydrogen-bond acceptors (Lipinski definition) is 5. The lowest BCUT2D eigenvalue weighted by Crippen LogP contribution is -2.39. The van der Waals surface area contributed by atoms with Gasteiger partial charge in [-0.25, -0.2) is 14.5 Å². The number of imidazole rings is 1. The van der Waals surface area contributed by atoms with Crippen molar-refractivity contribution in [2.24, 2.45) is 0 Å². The molecule has 0 bridgehead atoms. The van der Waals surface area contributed by atoms with Gasteiger partial charge in [0.05, 0.1) is 5.69 Å².